The molecule has 5 unspecified atom stereocenters. The predicted molar refractivity (Wildman–Crippen MR) is 182 cm³/mol. The summed E-state index contributed by atoms with van der Waals surface area (Å²) in [5, 5.41) is 0. The number of fused-ring (bicyclic) bond motifs is 1. The lowest BCUT2D eigenvalue weighted by molar-refractivity contribution is 0.165. The van der Waals surface area contributed by atoms with Gasteiger partial charge in [-0.05, 0) is 130 Å². The minimum absolute atomic E-state index is 0.160. The molecule has 0 spiro atoms. The average molecular weight is 805 g/mol. The second-order valence-electron chi connectivity index (χ2n) is 10.1. The number of allylic oxidation sites excluding steroid dienone is 1. The highest BCUT2D eigenvalue weighted by molar-refractivity contribution is 14.2. The fraction of sp³-hybridized carbons (Fsp3) is 0.333. The molecule has 0 amide bonds. The van der Waals surface area contributed by atoms with E-state index in [4.69, 9.17) is 18.5 Å². The van der Waals surface area contributed by atoms with Crippen molar-refractivity contribution >= 4 is 68.1 Å². The van der Waals surface area contributed by atoms with Gasteiger partial charge in [0, 0.05) is 29.6 Å². The zero-order chi connectivity index (χ0) is 28.1. The molecule has 212 valence electrons. The number of halogens is 3. The third kappa shape index (κ3) is 7.05. The molecule has 0 aliphatic carbocycles. The molecule has 3 aromatic rings. The minimum atomic E-state index is -0.293. The number of hydrogen-bond acceptors (Lipinski definition) is 5. The summed E-state index contributed by atoms with van der Waals surface area (Å²) in [6.45, 7) is 7.06. The minimum Gasteiger partial charge on any atom is -0.492 e. The Bertz CT molecular complexity index is 1340. The van der Waals surface area contributed by atoms with Crippen LogP contribution in [0.3, 0.4) is 0 Å². The summed E-state index contributed by atoms with van der Waals surface area (Å²) in [5.41, 5.74) is 5.39. The SMILES string of the molecule is CC1=C(c2cccc(OPI)c2)C(c2ccc(OCC(C)N3CCC(CF)C3)cc2)Oc2ccc(OPI)cc21. The maximum absolute atomic E-state index is 13.0. The van der Waals surface area contributed by atoms with Gasteiger partial charge in [-0.3, -0.25) is 9.29 Å². The predicted octanol–water partition coefficient (Wildman–Crippen LogP) is 9.45. The molecule has 1 fully saturated rings. The van der Waals surface area contributed by atoms with E-state index in [0.29, 0.717) is 19.5 Å². The summed E-state index contributed by atoms with van der Waals surface area (Å²) in [7, 11) is 0. The number of benzene rings is 3. The largest absolute Gasteiger partial charge is 0.492 e. The van der Waals surface area contributed by atoms with E-state index in [1.165, 1.54) is 0 Å². The Kier molecular flexibility index (Phi) is 10.8. The van der Waals surface area contributed by atoms with E-state index < -0.39 is 0 Å². The smallest absolute Gasteiger partial charge is 0.150 e. The van der Waals surface area contributed by atoms with Gasteiger partial charge in [0.1, 0.15) is 48.6 Å². The number of ether oxygens (including phenoxy) is 2. The molecule has 0 saturated carbocycles. The van der Waals surface area contributed by atoms with Crippen LogP contribution in [0.5, 0.6) is 23.0 Å². The lowest BCUT2D eigenvalue weighted by Crippen LogP contribution is -2.35. The number of rotatable bonds is 11. The van der Waals surface area contributed by atoms with Crippen molar-refractivity contribution in [3.8, 4) is 23.0 Å². The fourth-order valence-corrected chi connectivity index (χ4v) is 7.32. The van der Waals surface area contributed by atoms with Crippen molar-refractivity contribution < 1.29 is 22.9 Å². The monoisotopic (exact) mass is 805 g/mol. The quantitative estimate of drug-likeness (QED) is 0.143. The maximum Gasteiger partial charge on any atom is 0.150 e. The van der Waals surface area contributed by atoms with Crippen LogP contribution in [0, 0.1) is 5.92 Å². The fourth-order valence-electron chi connectivity index (χ4n) is 5.36. The lowest BCUT2D eigenvalue weighted by atomic mass is 9.86. The molecule has 2 aliphatic heterocycles. The van der Waals surface area contributed by atoms with Gasteiger partial charge in [0.15, 0.2) is 0 Å². The van der Waals surface area contributed by atoms with Gasteiger partial charge in [-0.1, -0.05) is 24.3 Å². The zero-order valence-electron chi connectivity index (χ0n) is 22.3. The van der Waals surface area contributed by atoms with E-state index >= 15 is 0 Å². The molecule has 5 atom stereocenters. The Labute approximate surface area is 265 Å². The summed E-state index contributed by atoms with van der Waals surface area (Å²) in [5.74, 6) is 3.48. The first-order chi connectivity index (χ1) is 19.5. The van der Waals surface area contributed by atoms with E-state index in [2.05, 4.69) is 93.2 Å². The van der Waals surface area contributed by atoms with Crippen molar-refractivity contribution in [1.29, 1.82) is 0 Å². The van der Waals surface area contributed by atoms with Gasteiger partial charge in [-0.2, -0.15) is 0 Å². The van der Waals surface area contributed by atoms with Crippen molar-refractivity contribution in [3.05, 3.63) is 83.4 Å². The van der Waals surface area contributed by atoms with E-state index in [9.17, 15) is 4.39 Å². The molecule has 2 aliphatic rings. The lowest BCUT2D eigenvalue weighted by Gasteiger charge is -2.31. The van der Waals surface area contributed by atoms with Gasteiger partial charge >= 0.3 is 0 Å². The molecule has 10 heteroatoms. The molecule has 0 radical (unpaired) electrons. The van der Waals surface area contributed by atoms with Crippen molar-refractivity contribution in [2.24, 2.45) is 5.92 Å². The van der Waals surface area contributed by atoms with Crippen molar-refractivity contribution in [2.75, 3.05) is 26.4 Å². The molecule has 0 N–H and O–H groups in total. The summed E-state index contributed by atoms with van der Waals surface area (Å²) in [6, 6.07) is 22.7. The summed E-state index contributed by atoms with van der Waals surface area (Å²) >= 11 is 4.47. The van der Waals surface area contributed by atoms with Gasteiger partial charge in [-0.15, -0.1) is 0 Å². The molecule has 5 rings (SSSR count). The molecular formula is C30H32FI2NO4P2. The van der Waals surface area contributed by atoms with Crippen LogP contribution in [0.15, 0.2) is 66.7 Å². The highest BCUT2D eigenvalue weighted by Crippen LogP contribution is 2.48. The molecule has 2 heterocycles. The molecule has 0 bridgehead atoms. The molecule has 3 aromatic carbocycles. The third-order valence-corrected chi connectivity index (χ3v) is 9.50. The Morgan fingerprint density at radius 2 is 1.73 bits per heavy atom. The molecule has 1 saturated heterocycles. The van der Waals surface area contributed by atoms with Gasteiger partial charge in [0.2, 0.25) is 0 Å². The summed E-state index contributed by atoms with van der Waals surface area (Å²) < 4.78 is 37.5. The van der Waals surface area contributed by atoms with Gasteiger partial charge in [0.25, 0.3) is 0 Å². The second kappa shape index (κ2) is 14.3. The normalized spacial score (nSPS) is 20.2. The van der Waals surface area contributed by atoms with Crippen molar-refractivity contribution in [3.63, 3.8) is 0 Å². The Morgan fingerprint density at radius 3 is 2.42 bits per heavy atom. The highest BCUT2D eigenvalue weighted by atomic mass is 127. The number of nitrogens with zero attached hydrogens (tertiary/aromatic N) is 1. The first-order valence-corrected chi connectivity index (χ1v) is 21.2. The standard InChI is InChI=1S/C30H32FI2NO4P2/c1-19(34-13-12-21(16-31)17-34)18-35-24-8-6-22(7-9-24)30-29(23-4-3-5-25(14-23)37-39-32)20(2)27-15-26(38-40-33)10-11-28(27)36-30/h3-11,14-15,19,21,30,39-40H,12-13,16-18H2,1-2H3. The molecular weight excluding hydrogens is 773 g/mol. The average Bonchev–Trinajstić information content (AvgIpc) is 3.47. The van der Waals surface area contributed by atoms with Crippen LogP contribution in [0.2, 0.25) is 0 Å². The topological polar surface area (TPSA) is 40.2 Å². The highest BCUT2D eigenvalue weighted by Gasteiger charge is 2.30. The first kappa shape index (κ1) is 30.3. The first-order valence-electron chi connectivity index (χ1n) is 13.2. The Balaban J connectivity index is 1.41. The number of hydrogen-bond donors (Lipinski definition) is 0. The van der Waals surface area contributed by atoms with Crippen LogP contribution in [-0.4, -0.2) is 37.3 Å². The van der Waals surface area contributed by atoms with Crippen LogP contribution in [0.25, 0.3) is 11.1 Å². The van der Waals surface area contributed by atoms with E-state index in [1.54, 1.807) is 0 Å². The summed E-state index contributed by atoms with van der Waals surface area (Å²) in [4.78, 5) is 2.32. The van der Waals surface area contributed by atoms with Crippen molar-refractivity contribution in [1.82, 2.24) is 4.90 Å². The number of likely N-dealkylation sites (tertiary alicyclic amines) is 1. The van der Waals surface area contributed by atoms with Crippen LogP contribution in [0.4, 0.5) is 4.39 Å². The van der Waals surface area contributed by atoms with Crippen LogP contribution in [-0.2, 0) is 0 Å². The number of alkyl halides is 1. The van der Waals surface area contributed by atoms with E-state index in [-0.39, 0.29) is 24.7 Å². The van der Waals surface area contributed by atoms with E-state index in [1.807, 2.05) is 36.4 Å². The molecule has 5 nitrogen and oxygen atoms in total. The van der Waals surface area contributed by atoms with Crippen LogP contribution < -0.4 is 18.5 Å². The van der Waals surface area contributed by atoms with Crippen molar-refractivity contribution in [2.45, 2.75) is 32.4 Å². The Hall–Kier alpha value is -1.19. The molecule has 0 aromatic heterocycles. The molecule has 40 heavy (non-hydrogen) atoms. The summed E-state index contributed by atoms with van der Waals surface area (Å²) in [6.07, 6.45) is 0.633. The van der Waals surface area contributed by atoms with Gasteiger partial charge in [-0.25, -0.2) is 0 Å². The van der Waals surface area contributed by atoms with Crippen LogP contribution >= 0.6 is 57.0 Å². The van der Waals surface area contributed by atoms with Gasteiger partial charge < -0.3 is 18.5 Å². The maximum atomic E-state index is 13.0. The zero-order valence-corrected chi connectivity index (χ0v) is 28.6. The second-order valence-corrected chi connectivity index (χ2v) is 13.5. The van der Waals surface area contributed by atoms with Gasteiger partial charge in [0.05, 0.1) is 6.67 Å². The van der Waals surface area contributed by atoms with Crippen LogP contribution in [0.1, 0.15) is 43.1 Å². The Morgan fingerprint density at radius 1 is 1.00 bits per heavy atom. The van der Waals surface area contributed by atoms with E-state index in [0.717, 1.165) is 70.3 Å². The third-order valence-electron chi connectivity index (χ3n) is 7.56.